The van der Waals surface area contributed by atoms with Gasteiger partial charge in [-0.25, -0.2) is 22.3 Å². The van der Waals surface area contributed by atoms with Crippen molar-refractivity contribution < 1.29 is 32.8 Å². The quantitative estimate of drug-likeness (QED) is 0.359. The van der Waals surface area contributed by atoms with Crippen LogP contribution in [0.5, 0.6) is 5.75 Å². The summed E-state index contributed by atoms with van der Waals surface area (Å²) in [6, 6.07) is 9.69. The Kier molecular flexibility index (Phi) is 7.95. The van der Waals surface area contributed by atoms with Crippen LogP contribution < -0.4 is 10.1 Å². The largest absolute Gasteiger partial charge is 0.497 e. The first-order chi connectivity index (χ1) is 17.0. The van der Waals surface area contributed by atoms with Crippen LogP contribution in [-0.4, -0.2) is 66.9 Å². The number of carbonyl (C=O) groups is 2. The second-order valence-corrected chi connectivity index (χ2v) is 10.1. The lowest BCUT2D eigenvalue weighted by Crippen LogP contribution is -2.48. The highest BCUT2D eigenvalue weighted by Gasteiger charge is 2.36. The molecule has 2 aromatic carbocycles. The van der Waals surface area contributed by atoms with Gasteiger partial charge >= 0.3 is 12.0 Å². The summed E-state index contributed by atoms with van der Waals surface area (Å²) in [7, 11) is -0.884. The van der Waals surface area contributed by atoms with E-state index in [0.717, 1.165) is 4.31 Å². The zero-order valence-electron chi connectivity index (χ0n) is 19.9. The van der Waals surface area contributed by atoms with Gasteiger partial charge in [0.2, 0.25) is 10.0 Å². The number of benzene rings is 2. The summed E-state index contributed by atoms with van der Waals surface area (Å²) in [5, 5.41) is 23.6. The summed E-state index contributed by atoms with van der Waals surface area (Å²) < 4.78 is 31.8. The van der Waals surface area contributed by atoms with E-state index in [9.17, 15) is 33.2 Å². The van der Waals surface area contributed by atoms with Gasteiger partial charge in [0.25, 0.3) is 5.69 Å². The van der Waals surface area contributed by atoms with E-state index in [4.69, 9.17) is 4.74 Å². The van der Waals surface area contributed by atoms with Crippen LogP contribution in [0.25, 0.3) is 0 Å². The fraction of sp³-hybridized carbons (Fsp3) is 0.304. The molecule has 2 aromatic rings. The minimum Gasteiger partial charge on any atom is -0.497 e. The number of nitro groups is 1. The molecule has 0 saturated heterocycles. The SMILES string of the molecule is COc1ccc(S(=O)(=O)N(C)CCCN2C(=O)NC(c3cccc([N+](=O)[O-])c3)C(C(=O)O)=C2C)cc1. The highest BCUT2D eigenvalue weighted by atomic mass is 32.2. The van der Waals surface area contributed by atoms with E-state index in [1.54, 1.807) is 0 Å². The third-order valence-electron chi connectivity index (χ3n) is 5.86. The molecule has 192 valence electrons. The molecule has 0 fully saturated rings. The molecule has 2 N–H and O–H groups in total. The lowest BCUT2D eigenvalue weighted by Gasteiger charge is -2.35. The van der Waals surface area contributed by atoms with E-state index in [2.05, 4.69) is 5.32 Å². The number of allylic oxidation sites excluding steroid dienone is 1. The molecule has 1 aliphatic heterocycles. The molecule has 1 atom stereocenters. The highest BCUT2D eigenvalue weighted by molar-refractivity contribution is 7.89. The lowest BCUT2D eigenvalue weighted by atomic mass is 9.94. The molecule has 0 bridgehead atoms. The fourth-order valence-electron chi connectivity index (χ4n) is 3.89. The van der Waals surface area contributed by atoms with Gasteiger partial charge in [0.15, 0.2) is 0 Å². The second kappa shape index (κ2) is 10.7. The number of carboxylic acids is 1. The molecule has 0 radical (unpaired) electrons. The van der Waals surface area contributed by atoms with Crippen LogP contribution in [0, 0.1) is 10.1 Å². The van der Waals surface area contributed by atoms with Crippen LogP contribution in [0.4, 0.5) is 10.5 Å². The number of hydrogen-bond donors (Lipinski definition) is 2. The van der Waals surface area contributed by atoms with E-state index < -0.39 is 33.0 Å². The Morgan fingerprint density at radius 2 is 1.92 bits per heavy atom. The van der Waals surface area contributed by atoms with Gasteiger partial charge in [0.1, 0.15) is 5.75 Å². The molecule has 1 aliphatic rings. The Hall–Kier alpha value is -3.97. The van der Waals surface area contributed by atoms with Crippen molar-refractivity contribution in [3.63, 3.8) is 0 Å². The normalized spacial score (nSPS) is 16.2. The summed E-state index contributed by atoms with van der Waals surface area (Å²) in [5.41, 5.74) is 0.0738. The predicted octanol–water partition coefficient (Wildman–Crippen LogP) is 2.74. The smallest absolute Gasteiger partial charge is 0.335 e. The van der Waals surface area contributed by atoms with Crippen molar-refractivity contribution >= 4 is 27.7 Å². The zero-order valence-corrected chi connectivity index (χ0v) is 20.7. The molecule has 13 heteroatoms. The van der Waals surface area contributed by atoms with Crippen LogP contribution in [0.15, 0.2) is 64.7 Å². The van der Waals surface area contributed by atoms with Gasteiger partial charge < -0.3 is 15.2 Å². The van der Waals surface area contributed by atoms with Crippen molar-refractivity contribution in [2.75, 3.05) is 27.2 Å². The van der Waals surface area contributed by atoms with Gasteiger partial charge in [-0.15, -0.1) is 0 Å². The Bertz CT molecular complexity index is 1310. The standard InChI is InChI=1S/C23H26N4O8S/c1-15-20(22(28)29)21(16-6-4-7-17(14-16)27(31)32)24-23(30)26(15)13-5-12-25(2)36(33,34)19-10-8-18(35-3)9-11-19/h4,6-11,14,21H,5,12-13H2,1-3H3,(H,24,30)(H,28,29). The van der Waals surface area contributed by atoms with Crippen LogP contribution in [-0.2, 0) is 14.8 Å². The minimum absolute atomic E-state index is 0.0541. The summed E-state index contributed by atoms with van der Waals surface area (Å²) in [5.74, 6) is -0.763. The first-order valence-electron chi connectivity index (χ1n) is 10.8. The van der Waals surface area contributed by atoms with Gasteiger partial charge in [0, 0.05) is 38.0 Å². The number of nitrogens with one attached hydrogen (secondary N) is 1. The van der Waals surface area contributed by atoms with Crippen LogP contribution in [0.3, 0.4) is 0 Å². The fourth-order valence-corrected chi connectivity index (χ4v) is 5.10. The molecule has 12 nitrogen and oxygen atoms in total. The number of carboxylic acid groups (broad SMARTS) is 1. The average Bonchev–Trinajstić information content (AvgIpc) is 2.85. The maximum Gasteiger partial charge on any atom is 0.335 e. The number of aliphatic carboxylic acids is 1. The van der Waals surface area contributed by atoms with Crippen molar-refractivity contribution in [2.24, 2.45) is 0 Å². The van der Waals surface area contributed by atoms with E-state index in [0.29, 0.717) is 5.75 Å². The third-order valence-corrected chi connectivity index (χ3v) is 7.73. The van der Waals surface area contributed by atoms with Crippen molar-refractivity contribution in [3.8, 4) is 5.75 Å². The van der Waals surface area contributed by atoms with Gasteiger partial charge in [-0.3, -0.25) is 15.0 Å². The van der Waals surface area contributed by atoms with E-state index >= 15 is 0 Å². The molecule has 2 amide bonds. The first kappa shape index (κ1) is 26.6. The molecule has 0 spiro atoms. The minimum atomic E-state index is -3.78. The number of amides is 2. The Morgan fingerprint density at radius 1 is 1.25 bits per heavy atom. The third kappa shape index (κ3) is 5.47. The maximum atomic E-state index is 12.8. The monoisotopic (exact) mass is 518 g/mol. The van der Waals surface area contributed by atoms with Gasteiger partial charge in [-0.1, -0.05) is 12.1 Å². The Morgan fingerprint density at radius 3 is 2.50 bits per heavy atom. The molecule has 0 saturated carbocycles. The summed E-state index contributed by atoms with van der Waals surface area (Å²) in [4.78, 5) is 36.7. The summed E-state index contributed by atoms with van der Waals surface area (Å²) >= 11 is 0. The number of hydrogen-bond acceptors (Lipinski definition) is 7. The van der Waals surface area contributed by atoms with Crippen molar-refractivity contribution in [1.82, 2.24) is 14.5 Å². The molecule has 0 aromatic heterocycles. The molecule has 1 unspecified atom stereocenters. The molecule has 3 rings (SSSR count). The molecule has 0 aliphatic carbocycles. The number of nitrogens with zero attached hydrogens (tertiary/aromatic N) is 3. The van der Waals surface area contributed by atoms with Gasteiger partial charge in [0.05, 0.1) is 28.5 Å². The molecule has 36 heavy (non-hydrogen) atoms. The molecular formula is C23H26N4O8S. The van der Waals surface area contributed by atoms with Crippen molar-refractivity contribution in [1.29, 1.82) is 0 Å². The zero-order chi connectivity index (χ0) is 26.6. The van der Waals surface area contributed by atoms with Crippen molar-refractivity contribution in [3.05, 3.63) is 75.5 Å². The number of nitro benzene ring substituents is 1. The van der Waals surface area contributed by atoms with E-state index in [1.807, 2.05) is 0 Å². The average molecular weight is 519 g/mol. The predicted molar refractivity (Wildman–Crippen MR) is 129 cm³/mol. The van der Waals surface area contributed by atoms with Crippen LogP contribution in [0.2, 0.25) is 0 Å². The summed E-state index contributed by atoms with van der Waals surface area (Å²) in [6.07, 6.45) is 0.227. The maximum absolute atomic E-state index is 12.8. The lowest BCUT2D eigenvalue weighted by molar-refractivity contribution is -0.384. The number of ether oxygens (including phenoxy) is 1. The second-order valence-electron chi connectivity index (χ2n) is 8.05. The first-order valence-corrected chi connectivity index (χ1v) is 12.3. The Balaban J connectivity index is 1.76. The van der Waals surface area contributed by atoms with E-state index in [1.165, 1.54) is 74.5 Å². The van der Waals surface area contributed by atoms with Crippen molar-refractivity contribution in [2.45, 2.75) is 24.3 Å². The number of carbonyl (C=O) groups excluding carboxylic acids is 1. The number of urea groups is 1. The number of methoxy groups -OCH3 is 1. The highest BCUT2D eigenvalue weighted by Crippen LogP contribution is 2.32. The summed E-state index contributed by atoms with van der Waals surface area (Å²) in [6.45, 7) is 1.60. The number of rotatable bonds is 10. The number of sulfonamides is 1. The van der Waals surface area contributed by atoms with Crippen LogP contribution in [0.1, 0.15) is 24.9 Å². The van der Waals surface area contributed by atoms with Gasteiger partial charge in [-0.2, -0.15) is 0 Å². The van der Waals surface area contributed by atoms with Crippen LogP contribution >= 0.6 is 0 Å². The van der Waals surface area contributed by atoms with E-state index in [-0.39, 0.29) is 46.9 Å². The number of non-ortho nitro benzene ring substituents is 1. The Labute approximate surface area is 208 Å². The topological polar surface area (TPSA) is 159 Å². The van der Waals surface area contributed by atoms with Gasteiger partial charge in [-0.05, 0) is 43.2 Å². The molecular weight excluding hydrogens is 492 g/mol. The molecule has 1 heterocycles.